The van der Waals surface area contributed by atoms with Crippen molar-refractivity contribution in [2.45, 2.75) is 204 Å². The van der Waals surface area contributed by atoms with E-state index in [1.165, 1.54) is 63.9 Å². The molecule has 0 heterocycles. The topological polar surface area (TPSA) is 226 Å². The first-order chi connectivity index (χ1) is 24.8. The number of unbranched alkanes of at least 4 members (excludes halogenated alkanes) is 16. The van der Waals surface area contributed by atoms with Gasteiger partial charge in [-0.15, -0.1) is 0 Å². The van der Waals surface area contributed by atoms with Gasteiger partial charge in [0.05, 0.1) is 31.3 Å². The predicted octanol–water partition coefficient (Wildman–Crippen LogP) is 4.86. The van der Waals surface area contributed by atoms with E-state index in [0.717, 1.165) is 51.4 Å². The summed E-state index contributed by atoms with van der Waals surface area (Å²) < 4.78 is 22.7. The molecule has 0 aromatic rings. The Morgan fingerprint density at radius 1 is 0.673 bits per heavy atom. The van der Waals surface area contributed by atoms with E-state index >= 15 is 0 Å². The van der Waals surface area contributed by atoms with Crippen molar-refractivity contribution in [2.24, 2.45) is 0 Å². The number of hydrogen-bond donors (Lipinski definition) is 9. The van der Waals surface area contributed by atoms with Crippen molar-refractivity contribution in [3.8, 4) is 0 Å². The van der Waals surface area contributed by atoms with Gasteiger partial charge in [0.15, 0.2) is 0 Å². The Morgan fingerprint density at radius 3 is 1.69 bits per heavy atom. The van der Waals surface area contributed by atoms with Crippen LogP contribution in [0.15, 0.2) is 24.3 Å². The van der Waals surface area contributed by atoms with Crippen molar-refractivity contribution in [1.82, 2.24) is 5.32 Å². The SMILES string of the molecule is CCCC/C=C\CCCCC(O)CC(=O)NC(COP(=O)(O)OC1C(O)C(O)C(O)C(O)C1O)C(O)/C=C/CCCCCCCCCCCCCC. The van der Waals surface area contributed by atoms with Gasteiger partial charge >= 0.3 is 7.82 Å². The molecular weight excluding hydrogens is 693 g/mol. The highest BCUT2D eigenvalue weighted by Crippen LogP contribution is 2.47. The lowest BCUT2D eigenvalue weighted by atomic mass is 9.85. The minimum Gasteiger partial charge on any atom is -0.393 e. The molecule has 1 rings (SSSR count). The Bertz CT molecular complexity index is 1000. The highest BCUT2D eigenvalue weighted by Gasteiger charge is 2.51. The summed E-state index contributed by atoms with van der Waals surface area (Å²) in [6, 6.07) is -1.24. The van der Waals surface area contributed by atoms with Gasteiger partial charge in [0, 0.05) is 0 Å². The highest BCUT2D eigenvalue weighted by atomic mass is 31.2. The van der Waals surface area contributed by atoms with E-state index in [1.807, 2.05) is 0 Å². The number of nitrogens with one attached hydrogen (secondary N) is 1. The molecule has 1 aliphatic carbocycles. The number of phosphoric acid groups is 1. The van der Waals surface area contributed by atoms with E-state index in [2.05, 4.69) is 31.3 Å². The van der Waals surface area contributed by atoms with E-state index < -0.39 is 75.2 Å². The molecule has 0 spiro atoms. The maximum absolute atomic E-state index is 12.9. The van der Waals surface area contributed by atoms with Crippen LogP contribution in [-0.2, 0) is 18.4 Å². The first kappa shape index (κ1) is 48.8. The van der Waals surface area contributed by atoms with Crippen LogP contribution in [0.2, 0.25) is 0 Å². The van der Waals surface area contributed by atoms with Crippen LogP contribution in [0.25, 0.3) is 0 Å². The van der Waals surface area contributed by atoms with Crippen molar-refractivity contribution in [2.75, 3.05) is 6.61 Å². The zero-order valence-electron chi connectivity index (χ0n) is 31.7. The van der Waals surface area contributed by atoms with E-state index in [1.54, 1.807) is 6.08 Å². The van der Waals surface area contributed by atoms with E-state index in [0.29, 0.717) is 19.3 Å². The lowest BCUT2D eigenvalue weighted by Crippen LogP contribution is -2.64. The van der Waals surface area contributed by atoms with Crippen LogP contribution >= 0.6 is 7.82 Å². The quantitative estimate of drug-likeness (QED) is 0.0262. The molecular formula is C38H72NO12P. The lowest BCUT2D eigenvalue weighted by molar-refractivity contribution is -0.220. The summed E-state index contributed by atoms with van der Waals surface area (Å²) in [5.41, 5.74) is 0. The lowest BCUT2D eigenvalue weighted by Gasteiger charge is -2.41. The third kappa shape index (κ3) is 21.6. The van der Waals surface area contributed by atoms with Gasteiger partial charge in [-0.1, -0.05) is 128 Å². The van der Waals surface area contributed by atoms with Crippen molar-refractivity contribution >= 4 is 13.7 Å². The summed E-state index contributed by atoms with van der Waals surface area (Å²) in [6.45, 7) is 3.62. The molecule has 13 nitrogen and oxygen atoms in total. The number of hydrogen-bond acceptors (Lipinski definition) is 11. The van der Waals surface area contributed by atoms with Crippen LogP contribution in [0, 0.1) is 0 Å². The van der Waals surface area contributed by atoms with Gasteiger partial charge < -0.3 is 46.0 Å². The monoisotopic (exact) mass is 765 g/mol. The van der Waals surface area contributed by atoms with Crippen LogP contribution in [0.4, 0.5) is 0 Å². The van der Waals surface area contributed by atoms with Gasteiger partial charge in [-0.2, -0.15) is 0 Å². The average molecular weight is 766 g/mol. The number of amides is 1. The molecule has 1 fully saturated rings. The zero-order chi connectivity index (χ0) is 38.8. The molecule has 9 N–H and O–H groups in total. The van der Waals surface area contributed by atoms with Gasteiger partial charge in [-0.05, 0) is 38.5 Å². The molecule has 8 atom stereocenters. The van der Waals surface area contributed by atoms with Crippen LogP contribution in [0.5, 0.6) is 0 Å². The molecule has 14 heteroatoms. The number of carbonyl (C=O) groups excluding carboxylic acids is 1. The fourth-order valence-corrected chi connectivity index (χ4v) is 7.13. The number of allylic oxidation sites excluding steroid dienone is 3. The normalized spacial score (nSPS) is 25.3. The second-order valence-corrected chi connectivity index (χ2v) is 15.7. The standard InChI is InChI=1S/C38H72NO12P/c1-3-5-7-9-11-13-14-15-16-17-18-20-22-24-26-31(41)30(39-32(42)27-29(40)25-23-21-19-12-10-8-6-4-2)28-50-52(48,49)51-38-36(46)34(44)33(43)35(45)37(38)47/h10,12,24,26,29-31,33-38,40-41,43-47H,3-9,11,13-23,25,27-28H2,1-2H3,(H,39,42)(H,48,49)/b12-10-,26-24+. The summed E-state index contributed by atoms with van der Waals surface area (Å²) >= 11 is 0. The summed E-state index contributed by atoms with van der Waals surface area (Å²) in [4.78, 5) is 23.2. The second kappa shape index (κ2) is 29.1. The molecule has 52 heavy (non-hydrogen) atoms. The number of aliphatic hydroxyl groups is 7. The third-order valence-electron chi connectivity index (χ3n) is 9.53. The largest absolute Gasteiger partial charge is 0.472 e. The predicted molar refractivity (Wildman–Crippen MR) is 201 cm³/mol. The van der Waals surface area contributed by atoms with Gasteiger partial charge in [-0.25, -0.2) is 4.57 Å². The van der Waals surface area contributed by atoms with E-state index in [9.17, 15) is 50.0 Å². The Balaban J connectivity index is 2.67. The molecule has 0 bridgehead atoms. The minimum atomic E-state index is -5.13. The Hall–Kier alpha value is -1.22. The Kier molecular flexibility index (Phi) is 27.3. The molecule has 0 aliphatic heterocycles. The van der Waals surface area contributed by atoms with E-state index in [4.69, 9.17) is 9.05 Å². The first-order valence-electron chi connectivity index (χ1n) is 19.9. The van der Waals surface area contributed by atoms with Crippen LogP contribution in [0.1, 0.15) is 149 Å². The molecule has 0 aromatic heterocycles. The molecule has 0 radical (unpaired) electrons. The first-order valence-corrected chi connectivity index (χ1v) is 21.4. The zero-order valence-corrected chi connectivity index (χ0v) is 32.6. The Morgan fingerprint density at radius 2 is 1.13 bits per heavy atom. The highest BCUT2D eigenvalue weighted by molar-refractivity contribution is 7.47. The van der Waals surface area contributed by atoms with Crippen LogP contribution in [-0.4, -0.2) is 108 Å². The molecule has 8 unspecified atom stereocenters. The van der Waals surface area contributed by atoms with E-state index in [-0.39, 0.29) is 6.42 Å². The van der Waals surface area contributed by atoms with Crippen LogP contribution < -0.4 is 5.32 Å². The molecule has 306 valence electrons. The number of rotatable bonds is 31. The smallest absolute Gasteiger partial charge is 0.393 e. The van der Waals surface area contributed by atoms with Crippen LogP contribution in [0.3, 0.4) is 0 Å². The maximum atomic E-state index is 12.9. The molecule has 0 aromatic carbocycles. The number of aliphatic hydroxyl groups excluding tert-OH is 7. The molecule has 0 saturated heterocycles. The van der Waals surface area contributed by atoms with Crippen molar-refractivity contribution in [1.29, 1.82) is 0 Å². The molecule has 1 amide bonds. The average Bonchev–Trinajstić information content (AvgIpc) is 3.11. The fourth-order valence-electron chi connectivity index (χ4n) is 6.16. The summed E-state index contributed by atoms with van der Waals surface area (Å²) in [5.74, 6) is -0.610. The van der Waals surface area contributed by atoms with Gasteiger partial charge in [0.25, 0.3) is 0 Å². The summed E-state index contributed by atoms with van der Waals surface area (Å²) in [6.07, 6.45) is 14.5. The molecule has 1 saturated carbocycles. The third-order valence-corrected chi connectivity index (χ3v) is 10.5. The fraction of sp³-hybridized carbons (Fsp3) is 0.868. The summed E-state index contributed by atoms with van der Waals surface area (Å²) in [5, 5.41) is 73.9. The van der Waals surface area contributed by atoms with Crippen molar-refractivity contribution in [3.63, 3.8) is 0 Å². The number of phosphoric ester groups is 1. The maximum Gasteiger partial charge on any atom is 0.472 e. The number of carbonyl (C=O) groups is 1. The van der Waals surface area contributed by atoms with Gasteiger partial charge in [-0.3, -0.25) is 13.8 Å². The second-order valence-electron chi connectivity index (χ2n) is 14.3. The van der Waals surface area contributed by atoms with Gasteiger partial charge in [0.2, 0.25) is 5.91 Å². The molecule has 1 aliphatic rings. The van der Waals surface area contributed by atoms with Gasteiger partial charge in [0.1, 0.15) is 36.6 Å². The van der Waals surface area contributed by atoms with Crippen molar-refractivity contribution < 1.29 is 59.0 Å². The summed E-state index contributed by atoms with van der Waals surface area (Å²) in [7, 11) is -5.13. The Labute approximate surface area is 312 Å². The minimum absolute atomic E-state index is 0.260. The van der Waals surface area contributed by atoms with Crippen molar-refractivity contribution in [3.05, 3.63) is 24.3 Å².